The van der Waals surface area contributed by atoms with E-state index in [-0.39, 0.29) is 23.9 Å². The lowest BCUT2D eigenvalue weighted by Crippen LogP contribution is -2.49. The van der Waals surface area contributed by atoms with Crippen LogP contribution in [0, 0.1) is 0 Å². The molecule has 0 aliphatic carbocycles. The van der Waals surface area contributed by atoms with Gasteiger partial charge in [0.25, 0.3) is 5.91 Å². The molecule has 2 aromatic rings. The topological polar surface area (TPSA) is 50.8 Å². The van der Waals surface area contributed by atoms with Crippen LogP contribution in [0.15, 0.2) is 48.5 Å². The smallest absolute Gasteiger partial charge is 0.254 e. The van der Waals surface area contributed by atoms with Gasteiger partial charge in [0, 0.05) is 36.7 Å². The van der Waals surface area contributed by atoms with Crippen molar-refractivity contribution in [3.8, 4) is 5.75 Å². The van der Waals surface area contributed by atoms with E-state index in [0.717, 1.165) is 42.8 Å². The molecule has 0 radical (unpaired) electrons. The number of carbonyl (C=O) groups is 1. The number of ether oxygens (including phenoxy) is 2. The minimum Gasteiger partial charge on any atom is -0.497 e. The standard InChI is InChI=1S/C24H30N2O3/c1-3-29-16-17-9-11-18(12-10-17)24(27)26-15-21(23-22(26)8-5-13-25-23)19-6-4-7-20(14-19)28-2/h4,6-7,9-12,14,21-23,25H,3,5,8,13,15-16H2,1-2H3/t21-,22-,23-/m1/s1. The van der Waals surface area contributed by atoms with Gasteiger partial charge in [-0.25, -0.2) is 0 Å². The number of methoxy groups -OCH3 is 1. The van der Waals surface area contributed by atoms with Crippen LogP contribution in [0.1, 0.15) is 47.2 Å². The van der Waals surface area contributed by atoms with Gasteiger partial charge < -0.3 is 19.7 Å². The summed E-state index contributed by atoms with van der Waals surface area (Å²) >= 11 is 0. The maximum absolute atomic E-state index is 13.4. The molecule has 5 heteroatoms. The van der Waals surface area contributed by atoms with E-state index in [1.54, 1.807) is 7.11 Å². The highest BCUT2D eigenvalue weighted by atomic mass is 16.5. The normalized spacial score (nSPS) is 23.7. The van der Waals surface area contributed by atoms with Crippen LogP contribution in [0.3, 0.4) is 0 Å². The molecule has 1 N–H and O–H groups in total. The Bertz CT molecular complexity index is 836. The molecule has 5 nitrogen and oxygen atoms in total. The van der Waals surface area contributed by atoms with Gasteiger partial charge in [-0.2, -0.15) is 0 Å². The maximum atomic E-state index is 13.4. The summed E-state index contributed by atoms with van der Waals surface area (Å²) in [5, 5.41) is 3.68. The predicted octanol–water partition coefficient (Wildman–Crippen LogP) is 3.59. The lowest BCUT2D eigenvalue weighted by atomic mass is 9.87. The van der Waals surface area contributed by atoms with Crippen LogP contribution in [-0.4, -0.2) is 49.7 Å². The van der Waals surface area contributed by atoms with E-state index in [2.05, 4.69) is 22.3 Å². The van der Waals surface area contributed by atoms with Crippen LogP contribution < -0.4 is 10.1 Å². The minimum atomic E-state index is 0.122. The third kappa shape index (κ3) is 4.16. The van der Waals surface area contributed by atoms with Crippen molar-refractivity contribution in [3.63, 3.8) is 0 Å². The fourth-order valence-corrected chi connectivity index (χ4v) is 4.66. The quantitative estimate of drug-likeness (QED) is 0.814. The summed E-state index contributed by atoms with van der Waals surface area (Å²) in [5.74, 6) is 1.26. The Morgan fingerprint density at radius 3 is 2.79 bits per heavy atom. The average molecular weight is 395 g/mol. The van der Waals surface area contributed by atoms with E-state index in [4.69, 9.17) is 9.47 Å². The van der Waals surface area contributed by atoms with Crippen molar-refractivity contribution in [2.45, 2.75) is 44.4 Å². The predicted molar refractivity (Wildman–Crippen MR) is 113 cm³/mol. The van der Waals surface area contributed by atoms with E-state index in [0.29, 0.717) is 13.2 Å². The molecule has 2 fully saturated rings. The molecule has 2 aliphatic heterocycles. The summed E-state index contributed by atoms with van der Waals surface area (Å²) < 4.78 is 10.9. The van der Waals surface area contributed by atoms with Gasteiger partial charge in [0.1, 0.15) is 5.75 Å². The van der Waals surface area contributed by atoms with Crippen molar-refractivity contribution in [1.29, 1.82) is 0 Å². The van der Waals surface area contributed by atoms with E-state index in [1.807, 2.05) is 43.3 Å². The fraction of sp³-hybridized carbons (Fsp3) is 0.458. The minimum absolute atomic E-state index is 0.122. The number of nitrogens with one attached hydrogen (secondary N) is 1. The Balaban J connectivity index is 1.55. The molecule has 154 valence electrons. The lowest BCUT2D eigenvalue weighted by molar-refractivity contribution is 0.0705. The molecule has 4 rings (SSSR count). The first kappa shape index (κ1) is 19.9. The number of hydrogen-bond donors (Lipinski definition) is 1. The molecule has 2 aliphatic rings. The van der Waals surface area contributed by atoms with Crippen molar-refractivity contribution in [1.82, 2.24) is 10.2 Å². The summed E-state index contributed by atoms with van der Waals surface area (Å²) in [5.41, 5.74) is 3.08. The fourth-order valence-electron chi connectivity index (χ4n) is 4.66. The number of likely N-dealkylation sites (tertiary alicyclic amines) is 1. The first-order chi connectivity index (χ1) is 14.2. The largest absolute Gasteiger partial charge is 0.497 e. The van der Waals surface area contributed by atoms with E-state index < -0.39 is 0 Å². The Morgan fingerprint density at radius 2 is 2.03 bits per heavy atom. The van der Waals surface area contributed by atoms with Gasteiger partial charge in [-0.3, -0.25) is 4.79 Å². The molecular weight excluding hydrogens is 364 g/mol. The molecule has 0 unspecified atom stereocenters. The van der Waals surface area contributed by atoms with E-state index in [9.17, 15) is 4.79 Å². The van der Waals surface area contributed by atoms with Crippen LogP contribution in [0.4, 0.5) is 0 Å². The molecular formula is C24H30N2O3. The second-order valence-electron chi connectivity index (χ2n) is 7.86. The molecule has 1 amide bonds. The lowest BCUT2D eigenvalue weighted by Gasteiger charge is -2.33. The van der Waals surface area contributed by atoms with Crippen molar-refractivity contribution in [2.75, 3.05) is 26.8 Å². The molecule has 2 heterocycles. The van der Waals surface area contributed by atoms with Gasteiger partial charge in [0.15, 0.2) is 0 Å². The third-order valence-electron chi connectivity index (χ3n) is 6.16. The Labute approximate surface area is 173 Å². The summed E-state index contributed by atoms with van der Waals surface area (Å²) in [4.78, 5) is 15.5. The summed E-state index contributed by atoms with van der Waals surface area (Å²) in [6.45, 7) is 5.00. The number of carbonyl (C=O) groups excluding carboxylic acids is 1. The van der Waals surface area contributed by atoms with E-state index in [1.165, 1.54) is 5.56 Å². The van der Waals surface area contributed by atoms with Gasteiger partial charge in [-0.05, 0) is 61.7 Å². The Hall–Kier alpha value is -2.37. The van der Waals surface area contributed by atoms with Crippen LogP contribution >= 0.6 is 0 Å². The van der Waals surface area contributed by atoms with Gasteiger partial charge in [0.2, 0.25) is 0 Å². The number of piperidine rings is 1. The van der Waals surface area contributed by atoms with Crippen LogP contribution in [0.25, 0.3) is 0 Å². The Kier molecular flexibility index (Phi) is 6.16. The molecule has 0 bridgehead atoms. The number of nitrogens with zero attached hydrogens (tertiary/aromatic N) is 1. The van der Waals surface area contributed by atoms with Crippen molar-refractivity contribution in [2.24, 2.45) is 0 Å². The van der Waals surface area contributed by atoms with E-state index >= 15 is 0 Å². The highest BCUT2D eigenvalue weighted by Crippen LogP contribution is 2.37. The first-order valence-electron chi connectivity index (χ1n) is 10.6. The zero-order valence-corrected chi connectivity index (χ0v) is 17.3. The van der Waals surface area contributed by atoms with Gasteiger partial charge in [0.05, 0.1) is 13.7 Å². The number of benzene rings is 2. The molecule has 0 saturated carbocycles. The van der Waals surface area contributed by atoms with Crippen LogP contribution in [0.2, 0.25) is 0 Å². The zero-order valence-electron chi connectivity index (χ0n) is 17.3. The van der Waals surface area contributed by atoms with Crippen molar-refractivity contribution < 1.29 is 14.3 Å². The molecule has 3 atom stereocenters. The number of hydrogen-bond acceptors (Lipinski definition) is 4. The van der Waals surface area contributed by atoms with Gasteiger partial charge >= 0.3 is 0 Å². The van der Waals surface area contributed by atoms with Crippen molar-refractivity contribution >= 4 is 5.91 Å². The monoisotopic (exact) mass is 394 g/mol. The third-order valence-corrected chi connectivity index (χ3v) is 6.16. The summed E-state index contributed by atoms with van der Waals surface area (Å²) in [6, 6.07) is 16.6. The van der Waals surface area contributed by atoms with Crippen LogP contribution in [-0.2, 0) is 11.3 Å². The number of rotatable bonds is 6. The van der Waals surface area contributed by atoms with Gasteiger partial charge in [-0.1, -0.05) is 24.3 Å². The Morgan fingerprint density at radius 1 is 1.21 bits per heavy atom. The maximum Gasteiger partial charge on any atom is 0.254 e. The van der Waals surface area contributed by atoms with Gasteiger partial charge in [-0.15, -0.1) is 0 Å². The molecule has 2 saturated heterocycles. The first-order valence-corrected chi connectivity index (χ1v) is 10.6. The number of fused-ring (bicyclic) bond motifs is 1. The summed E-state index contributed by atoms with van der Waals surface area (Å²) in [7, 11) is 1.69. The molecule has 0 spiro atoms. The zero-order chi connectivity index (χ0) is 20.2. The molecule has 29 heavy (non-hydrogen) atoms. The summed E-state index contributed by atoms with van der Waals surface area (Å²) in [6.07, 6.45) is 2.15. The van der Waals surface area contributed by atoms with Crippen LogP contribution in [0.5, 0.6) is 5.75 Å². The SMILES string of the molecule is CCOCc1ccc(C(=O)N2C[C@H](c3cccc(OC)c3)[C@H]3NCCC[C@H]32)cc1. The second kappa shape index (κ2) is 8.97. The highest BCUT2D eigenvalue weighted by Gasteiger charge is 2.45. The second-order valence-corrected chi connectivity index (χ2v) is 7.86. The molecule has 2 aromatic carbocycles. The molecule has 0 aromatic heterocycles. The highest BCUT2D eigenvalue weighted by molar-refractivity contribution is 5.94. The number of amides is 1. The van der Waals surface area contributed by atoms with Crippen molar-refractivity contribution in [3.05, 3.63) is 65.2 Å². The average Bonchev–Trinajstić information content (AvgIpc) is 3.17.